The number of ether oxygens (including phenoxy) is 1. The summed E-state index contributed by atoms with van der Waals surface area (Å²) in [5.41, 5.74) is 0. The summed E-state index contributed by atoms with van der Waals surface area (Å²) in [6.07, 6.45) is 0. The molecule has 16 heavy (non-hydrogen) atoms. The number of hydrogen-bond acceptors (Lipinski definition) is 5. The van der Waals surface area contributed by atoms with Crippen LogP contribution in [0.2, 0.25) is 0 Å². The lowest BCUT2D eigenvalue weighted by Gasteiger charge is -2.17. The largest absolute Gasteiger partial charge is 0.383 e. The van der Waals surface area contributed by atoms with E-state index >= 15 is 0 Å². The first kappa shape index (κ1) is 13.3. The highest BCUT2D eigenvalue weighted by atomic mass is 32.2. The molecule has 0 radical (unpaired) electrons. The van der Waals surface area contributed by atoms with Gasteiger partial charge in [0.1, 0.15) is 0 Å². The molecule has 2 N–H and O–H groups in total. The number of carbonyl (C=O) groups excluding carboxylic acids is 1. The predicted molar refractivity (Wildman–Crippen MR) is 66.8 cm³/mol. The molecular weight excluding hydrogens is 226 g/mol. The van der Waals surface area contributed by atoms with Crippen LogP contribution in [0.4, 0.5) is 0 Å². The fourth-order valence-corrected chi connectivity index (χ4v) is 2.06. The SMILES string of the molecule is COCCNC(=O)CNC1=NCC(C)CS1. The summed E-state index contributed by atoms with van der Waals surface area (Å²) in [5, 5.41) is 6.65. The average molecular weight is 245 g/mol. The van der Waals surface area contributed by atoms with Crippen molar-refractivity contribution in [3.63, 3.8) is 0 Å². The van der Waals surface area contributed by atoms with E-state index in [4.69, 9.17) is 4.74 Å². The Hall–Kier alpha value is -0.750. The van der Waals surface area contributed by atoms with Gasteiger partial charge in [-0.1, -0.05) is 18.7 Å². The van der Waals surface area contributed by atoms with Crippen molar-refractivity contribution in [2.45, 2.75) is 6.92 Å². The molecule has 6 heteroatoms. The number of hydrogen-bond donors (Lipinski definition) is 2. The highest BCUT2D eigenvalue weighted by molar-refractivity contribution is 8.13. The van der Waals surface area contributed by atoms with Crippen molar-refractivity contribution in [1.82, 2.24) is 10.6 Å². The number of thioether (sulfide) groups is 1. The lowest BCUT2D eigenvalue weighted by atomic mass is 10.2. The Morgan fingerprint density at radius 2 is 2.50 bits per heavy atom. The Labute approximate surface area is 100 Å². The minimum atomic E-state index is -0.0287. The molecule has 1 rings (SSSR count). The van der Waals surface area contributed by atoms with Gasteiger partial charge >= 0.3 is 0 Å². The zero-order valence-corrected chi connectivity index (χ0v) is 10.6. The molecule has 5 nitrogen and oxygen atoms in total. The third-order valence-electron chi connectivity index (χ3n) is 2.08. The molecule has 1 atom stereocenters. The second-order valence-electron chi connectivity index (χ2n) is 3.76. The molecule has 92 valence electrons. The van der Waals surface area contributed by atoms with Crippen LogP contribution in [-0.2, 0) is 9.53 Å². The summed E-state index contributed by atoms with van der Waals surface area (Å²) in [4.78, 5) is 15.7. The van der Waals surface area contributed by atoms with Crippen molar-refractivity contribution in [1.29, 1.82) is 0 Å². The number of carbonyl (C=O) groups is 1. The van der Waals surface area contributed by atoms with Gasteiger partial charge < -0.3 is 15.4 Å². The number of amidine groups is 1. The van der Waals surface area contributed by atoms with Gasteiger partial charge in [-0.2, -0.15) is 0 Å². The molecule has 1 amide bonds. The number of nitrogens with zero attached hydrogens (tertiary/aromatic N) is 1. The number of methoxy groups -OCH3 is 1. The van der Waals surface area contributed by atoms with Gasteiger partial charge in [0, 0.05) is 26.0 Å². The summed E-state index contributed by atoms with van der Waals surface area (Å²) >= 11 is 1.68. The minimum Gasteiger partial charge on any atom is -0.383 e. The maximum atomic E-state index is 11.3. The van der Waals surface area contributed by atoms with Gasteiger partial charge in [-0.25, -0.2) is 0 Å². The van der Waals surface area contributed by atoms with Crippen LogP contribution in [0.3, 0.4) is 0 Å². The van der Waals surface area contributed by atoms with Gasteiger partial charge in [0.15, 0.2) is 5.17 Å². The summed E-state index contributed by atoms with van der Waals surface area (Å²) in [5.74, 6) is 1.67. The highest BCUT2D eigenvalue weighted by Crippen LogP contribution is 2.15. The molecule has 0 spiro atoms. The molecule has 0 aromatic rings. The monoisotopic (exact) mass is 245 g/mol. The van der Waals surface area contributed by atoms with Crippen molar-refractivity contribution in [3.05, 3.63) is 0 Å². The number of aliphatic imine (C=N–C) groups is 1. The van der Waals surface area contributed by atoms with E-state index in [-0.39, 0.29) is 12.5 Å². The van der Waals surface area contributed by atoms with E-state index in [1.807, 2.05) is 0 Å². The molecule has 0 aliphatic carbocycles. The normalized spacial score (nSPS) is 20.1. The molecule has 1 aliphatic rings. The topological polar surface area (TPSA) is 62.7 Å². The van der Waals surface area contributed by atoms with Gasteiger partial charge in [0.25, 0.3) is 0 Å². The third kappa shape index (κ3) is 5.37. The standard InChI is InChI=1S/C10H19N3O2S/c1-8-5-12-10(16-7-8)13-6-9(14)11-3-4-15-2/h8H,3-7H2,1-2H3,(H,11,14)(H,12,13). The molecule has 0 aromatic heterocycles. The Morgan fingerprint density at radius 1 is 1.69 bits per heavy atom. The van der Waals surface area contributed by atoms with E-state index < -0.39 is 0 Å². The van der Waals surface area contributed by atoms with Gasteiger partial charge in [-0.3, -0.25) is 9.79 Å². The van der Waals surface area contributed by atoms with Crippen molar-refractivity contribution < 1.29 is 9.53 Å². The van der Waals surface area contributed by atoms with Crippen LogP contribution in [0.15, 0.2) is 4.99 Å². The van der Waals surface area contributed by atoms with E-state index in [1.165, 1.54) is 0 Å². The minimum absolute atomic E-state index is 0.0287. The first-order chi connectivity index (χ1) is 7.72. The third-order valence-corrected chi connectivity index (χ3v) is 3.36. The van der Waals surface area contributed by atoms with Crippen LogP contribution < -0.4 is 10.6 Å². The Morgan fingerprint density at radius 3 is 3.12 bits per heavy atom. The van der Waals surface area contributed by atoms with Crippen LogP contribution in [0.1, 0.15) is 6.92 Å². The summed E-state index contributed by atoms with van der Waals surface area (Å²) < 4.78 is 4.84. The molecule has 0 fully saturated rings. The molecule has 0 aromatic carbocycles. The average Bonchev–Trinajstić information content (AvgIpc) is 2.29. The quantitative estimate of drug-likeness (QED) is 0.673. The first-order valence-corrected chi connectivity index (χ1v) is 6.37. The van der Waals surface area contributed by atoms with Crippen molar-refractivity contribution in [2.75, 3.05) is 39.1 Å². The molecular formula is C10H19N3O2S. The van der Waals surface area contributed by atoms with E-state index in [0.29, 0.717) is 19.1 Å². The maximum Gasteiger partial charge on any atom is 0.239 e. The molecule has 1 aliphatic heterocycles. The van der Waals surface area contributed by atoms with E-state index in [0.717, 1.165) is 17.5 Å². The summed E-state index contributed by atoms with van der Waals surface area (Å²) in [6.45, 7) is 4.39. The predicted octanol–water partition coefficient (Wildman–Crippen LogP) is 0.0775. The molecule has 1 heterocycles. The molecule has 0 saturated heterocycles. The lowest BCUT2D eigenvalue weighted by molar-refractivity contribution is -0.120. The van der Waals surface area contributed by atoms with E-state index in [1.54, 1.807) is 18.9 Å². The van der Waals surface area contributed by atoms with Crippen molar-refractivity contribution in [2.24, 2.45) is 10.9 Å². The van der Waals surface area contributed by atoms with Crippen LogP contribution in [0.5, 0.6) is 0 Å². The molecule has 0 saturated carbocycles. The number of nitrogens with one attached hydrogen (secondary N) is 2. The molecule has 0 bridgehead atoms. The fraction of sp³-hybridized carbons (Fsp3) is 0.800. The molecule has 1 unspecified atom stereocenters. The second kappa shape index (κ2) is 7.51. The number of rotatable bonds is 5. The Kier molecular flexibility index (Phi) is 6.25. The van der Waals surface area contributed by atoms with Gasteiger partial charge in [-0.15, -0.1) is 0 Å². The Balaban J connectivity index is 2.12. The fourth-order valence-electron chi connectivity index (χ4n) is 1.18. The lowest BCUT2D eigenvalue weighted by Crippen LogP contribution is -2.38. The summed E-state index contributed by atoms with van der Waals surface area (Å²) in [6, 6.07) is 0. The zero-order valence-electron chi connectivity index (χ0n) is 9.78. The van der Waals surface area contributed by atoms with Crippen LogP contribution in [-0.4, -0.2) is 50.2 Å². The van der Waals surface area contributed by atoms with Crippen molar-refractivity contribution in [3.8, 4) is 0 Å². The highest BCUT2D eigenvalue weighted by Gasteiger charge is 2.12. The van der Waals surface area contributed by atoms with Crippen molar-refractivity contribution >= 4 is 22.8 Å². The van der Waals surface area contributed by atoms with Crippen LogP contribution in [0, 0.1) is 5.92 Å². The first-order valence-electron chi connectivity index (χ1n) is 5.39. The van der Waals surface area contributed by atoms with Crippen LogP contribution >= 0.6 is 11.8 Å². The van der Waals surface area contributed by atoms with Gasteiger partial charge in [0.05, 0.1) is 13.2 Å². The Bertz CT molecular complexity index is 258. The second-order valence-corrected chi connectivity index (χ2v) is 4.77. The van der Waals surface area contributed by atoms with Crippen LogP contribution in [0.25, 0.3) is 0 Å². The maximum absolute atomic E-state index is 11.3. The van der Waals surface area contributed by atoms with Gasteiger partial charge in [0.2, 0.25) is 5.91 Å². The summed E-state index contributed by atoms with van der Waals surface area (Å²) in [7, 11) is 1.61. The number of amides is 1. The van der Waals surface area contributed by atoms with Gasteiger partial charge in [-0.05, 0) is 5.92 Å². The smallest absolute Gasteiger partial charge is 0.239 e. The van der Waals surface area contributed by atoms with E-state index in [2.05, 4.69) is 22.5 Å². The zero-order chi connectivity index (χ0) is 11.8. The van der Waals surface area contributed by atoms with E-state index in [9.17, 15) is 4.79 Å².